The fraction of sp³-hybridized carbons (Fsp3) is 0.600. The Morgan fingerprint density at radius 2 is 2.21 bits per heavy atom. The zero-order valence-corrected chi connectivity index (χ0v) is 11.7. The van der Waals surface area contributed by atoms with Gasteiger partial charge < -0.3 is 10.1 Å². The molecule has 0 bridgehead atoms. The maximum atomic E-state index is 14.0. The van der Waals surface area contributed by atoms with Crippen molar-refractivity contribution >= 4 is 0 Å². The largest absolute Gasteiger partial charge is 0.374 e. The Labute approximate surface area is 114 Å². The van der Waals surface area contributed by atoms with Gasteiger partial charge in [0.2, 0.25) is 0 Å². The number of morpholine rings is 1. The average molecular weight is 266 g/mol. The monoisotopic (exact) mass is 266 g/mol. The van der Waals surface area contributed by atoms with Gasteiger partial charge in [0.15, 0.2) is 0 Å². The molecule has 1 aromatic carbocycles. The van der Waals surface area contributed by atoms with Crippen molar-refractivity contribution in [3.63, 3.8) is 0 Å². The zero-order valence-electron chi connectivity index (χ0n) is 11.7. The van der Waals surface area contributed by atoms with E-state index < -0.39 is 0 Å². The minimum atomic E-state index is -0.161. The second-order valence-electron chi connectivity index (χ2n) is 4.86. The van der Waals surface area contributed by atoms with E-state index in [-0.39, 0.29) is 18.0 Å². The summed E-state index contributed by atoms with van der Waals surface area (Å²) < 4.78 is 19.9. The Morgan fingerprint density at radius 3 is 2.89 bits per heavy atom. The van der Waals surface area contributed by atoms with Crippen LogP contribution in [0.5, 0.6) is 0 Å². The first kappa shape index (κ1) is 14.4. The molecule has 2 unspecified atom stereocenters. The summed E-state index contributed by atoms with van der Waals surface area (Å²) >= 11 is 0. The van der Waals surface area contributed by atoms with Crippen LogP contribution >= 0.6 is 0 Å². The molecule has 19 heavy (non-hydrogen) atoms. The van der Waals surface area contributed by atoms with Gasteiger partial charge in [-0.15, -0.1) is 0 Å². The van der Waals surface area contributed by atoms with Crippen molar-refractivity contribution in [2.24, 2.45) is 0 Å². The molecule has 1 N–H and O–H groups in total. The number of nitrogens with one attached hydrogen (secondary N) is 1. The molecule has 3 nitrogen and oxygen atoms in total. The van der Waals surface area contributed by atoms with Gasteiger partial charge in [-0.05, 0) is 19.2 Å². The topological polar surface area (TPSA) is 24.5 Å². The highest BCUT2D eigenvalue weighted by atomic mass is 19.1. The number of likely N-dealkylation sites (N-methyl/N-ethyl adjacent to an activating group) is 2. The van der Waals surface area contributed by atoms with Crippen LogP contribution < -0.4 is 5.32 Å². The van der Waals surface area contributed by atoms with E-state index in [1.54, 1.807) is 6.07 Å². The number of nitrogens with zero attached hydrogens (tertiary/aromatic N) is 1. The van der Waals surface area contributed by atoms with Gasteiger partial charge in [0.05, 0.1) is 18.8 Å². The lowest BCUT2D eigenvalue weighted by Gasteiger charge is -2.37. The second kappa shape index (κ2) is 6.98. The molecule has 1 aromatic rings. The Kier molecular flexibility index (Phi) is 5.31. The molecule has 1 aliphatic heterocycles. The van der Waals surface area contributed by atoms with Crippen molar-refractivity contribution in [3.05, 3.63) is 35.6 Å². The van der Waals surface area contributed by atoms with Gasteiger partial charge in [0.25, 0.3) is 0 Å². The molecule has 2 rings (SSSR count). The van der Waals surface area contributed by atoms with E-state index >= 15 is 0 Å². The maximum Gasteiger partial charge on any atom is 0.128 e. The number of ether oxygens (including phenoxy) is 1. The zero-order chi connectivity index (χ0) is 13.7. The molecular formula is C15H23FN2O. The second-order valence-corrected chi connectivity index (χ2v) is 4.86. The molecule has 4 heteroatoms. The Hall–Kier alpha value is -0.970. The van der Waals surface area contributed by atoms with Crippen molar-refractivity contribution in [1.82, 2.24) is 10.2 Å². The lowest BCUT2D eigenvalue weighted by Crippen LogP contribution is -2.48. The van der Waals surface area contributed by atoms with Crippen molar-refractivity contribution in [1.29, 1.82) is 0 Å². The first-order valence-electron chi connectivity index (χ1n) is 7.08. The highest BCUT2D eigenvalue weighted by Gasteiger charge is 2.29. The Bertz CT molecular complexity index is 399. The minimum absolute atomic E-state index is 0.00514. The fourth-order valence-electron chi connectivity index (χ4n) is 2.61. The van der Waals surface area contributed by atoms with Crippen molar-refractivity contribution < 1.29 is 9.13 Å². The quantitative estimate of drug-likeness (QED) is 0.884. The van der Waals surface area contributed by atoms with Crippen molar-refractivity contribution in [3.8, 4) is 0 Å². The fourth-order valence-corrected chi connectivity index (χ4v) is 2.61. The predicted octanol–water partition coefficient (Wildman–Crippen LogP) is 2.20. The van der Waals surface area contributed by atoms with Gasteiger partial charge in [0.1, 0.15) is 5.82 Å². The molecule has 0 amide bonds. The number of hydrogen-bond acceptors (Lipinski definition) is 3. The van der Waals surface area contributed by atoms with Crippen LogP contribution in [0, 0.1) is 5.82 Å². The SMILES string of the molecule is CCNC(c1ccccc1F)C1CN(CC)CCO1. The van der Waals surface area contributed by atoms with Gasteiger partial charge in [-0.2, -0.15) is 0 Å². The summed E-state index contributed by atoms with van der Waals surface area (Å²) in [7, 11) is 0. The van der Waals surface area contributed by atoms with Crippen LogP contribution in [0.25, 0.3) is 0 Å². The Morgan fingerprint density at radius 1 is 1.42 bits per heavy atom. The standard InChI is InChI=1S/C15H23FN2O/c1-3-17-15(12-7-5-6-8-13(12)16)14-11-18(4-2)9-10-19-14/h5-8,14-15,17H,3-4,9-11H2,1-2H3. The summed E-state index contributed by atoms with van der Waals surface area (Å²) in [4.78, 5) is 2.35. The highest BCUT2D eigenvalue weighted by Crippen LogP contribution is 2.24. The predicted molar refractivity (Wildman–Crippen MR) is 74.7 cm³/mol. The molecule has 0 aromatic heterocycles. The summed E-state index contributed by atoms with van der Waals surface area (Å²) in [6.45, 7) is 8.52. The number of halogens is 1. The third-order valence-corrected chi connectivity index (χ3v) is 3.66. The van der Waals surface area contributed by atoms with Crippen molar-refractivity contribution in [2.75, 3.05) is 32.8 Å². The molecule has 0 saturated carbocycles. The van der Waals surface area contributed by atoms with Crippen LogP contribution in [0.2, 0.25) is 0 Å². The summed E-state index contributed by atoms with van der Waals surface area (Å²) in [5.41, 5.74) is 0.701. The molecule has 1 heterocycles. The molecule has 1 saturated heterocycles. The van der Waals surface area contributed by atoms with Gasteiger partial charge in [-0.3, -0.25) is 4.90 Å². The Balaban J connectivity index is 2.17. The average Bonchev–Trinajstić information content (AvgIpc) is 2.46. The molecule has 1 fully saturated rings. The summed E-state index contributed by atoms with van der Waals surface area (Å²) in [5.74, 6) is -0.161. The lowest BCUT2D eigenvalue weighted by atomic mass is 9.99. The van der Waals surface area contributed by atoms with E-state index in [1.165, 1.54) is 6.07 Å². The van der Waals surface area contributed by atoms with E-state index in [2.05, 4.69) is 17.1 Å². The van der Waals surface area contributed by atoms with Crippen LogP contribution in [0.4, 0.5) is 4.39 Å². The smallest absolute Gasteiger partial charge is 0.128 e. The molecule has 2 atom stereocenters. The van der Waals surface area contributed by atoms with Gasteiger partial charge >= 0.3 is 0 Å². The minimum Gasteiger partial charge on any atom is -0.374 e. The normalized spacial score (nSPS) is 22.4. The summed E-state index contributed by atoms with van der Waals surface area (Å²) in [5, 5.41) is 3.36. The lowest BCUT2D eigenvalue weighted by molar-refractivity contribution is -0.0458. The van der Waals surface area contributed by atoms with Crippen LogP contribution in [-0.2, 0) is 4.74 Å². The van der Waals surface area contributed by atoms with Gasteiger partial charge in [0, 0.05) is 18.7 Å². The van der Waals surface area contributed by atoms with Gasteiger partial charge in [-0.25, -0.2) is 4.39 Å². The number of hydrogen-bond donors (Lipinski definition) is 1. The number of benzene rings is 1. The first-order valence-corrected chi connectivity index (χ1v) is 7.08. The molecule has 1 aliphatic rings. The molecule has 0 spiro atoms. The van der Waals surface area contributed by atoms with Crippen LogP contribution in [-0.4, -0.2) is 43.8 Å². The van der Waals surface area contributed by atoms with Gasteiger partial charge in [-0.1, -0.05) is 32.0 Å². The molecule has 0 aliphatic carbocycles. The number of rotatable bonds is 5. The van der Waals surface area contributed by atoms with Crippen LogP contribution in [0.15, 0.2) is 24.3 Å². The molecule has 0 radical (unpaired) electrons. The summed E-state index contributed by atoms with van der Waals surface area (Å²) in [6.07, 6.45) is 0.00514. The third kappa shape index (κ3) is 3.53. The van der Waals surface area contributed by atoms with Crippen LogP contribution in [0.1, 0.15) is 25.5 Å². The summed E-state index contributed by atoms with van der Waals surface area (Å²) in [6, 6.07) is 6.88. The maximum absolute atomic E-state index is 14.0. The van der Waals surface area contributed by atoms with E-state index in [4.69, 9.17) is 4.74 Å². The molecular weight excluding hydrogens is 243 g/mol. The third-order valence-electron chi connectivity index (χ3n) is 3.66. The van der Waals surface area contributed by atoms with E-state index in [9.17, 15) is 4.39 Å². The van der Waals surface area contributed by atoms with E-state index in [1.807, 2.05) is 19.1 Å². The van der Waals surface area contributed by atoms with E-state index in [0.717, 1.165) is 32.8 Å². The van der Waals surface area contributed by atoms with Crippen molar-refractivity contribution in [2.45, 2.75) is 26.0 Å². The molecule has 106 valence electrons. The highest BCUT2D eigenvalue weighted by molar-refractivity contribution is 5.22. The van der Waals surface area contributed by atoms with Crippen LogP contribution in [0.3, 0.4) is 0 Å². The van der Waals surface area contributed by atoms with E-state index in [0.29, 0.717) is 5.56 Å². The first-order chi connectivity index (χ1) is 9.26.